The lowest BCUT2D eigenvalue weighted by Gasteiger charge is -2.21. The van der Waals surface area contributed by atoms with Crippen LogP contribution in [0.4, 0.5) is 4.79 Å². The number of nitrogens with zero attached hydrogens (tertiary/aromatic N) is 3. The van der Waals surface area contributed by atoms with Gasteiger partial charge in [-0.25, -0.2) is 4.79 Å². The molecule has 21 heavy (non-hydrogen) atoms. The van der Waals surface area contributed by atoms with Crippen LogP contribution in [-0.2, 0) is 0 Å². The molecule has 3 rings (SSSR count). The van der Waals surface area contributed by atoms with E-state index in [9.17, 15) is 4.79 Å². The summed E-state index contributed by atoms with van der Waals surface area (Å²) in [6.07, 6.45) is 4.81. The quantitative estimate of drug-likeness (QED) is 0.848. The number of benzene rings is 1. The average molecular weight is 320 g/mol. The predicted octanol–water partition coefficient (Wildman–Crippen LogP) is 3.60. The van der Waals surface area contributed by atoms with Crippen LogP contribution in [0.15, 0.2) is 48.7 Å². The smallest absolute Gasteiger partial charge is 0.410 e. The van der Waals surface area contributed by atoms with Crippen molar-refractivity contribution in [3.05, 3.63) is 59.5 Å². The van der Waals surface area contributed by atoms with Gasteiger partial charge in [-0.3, -0.25) is 4.90 Å². The summed E-state index contributed by atoms with van der Waals surface area (Å²) in [5.41, 5.74) is 1.42. The molecule has 1 aliphatic heterocycles. The Morgan fingerprint density at radius 1 is 1.29 bits per heavy atom. The highest BCUT2D eigenvalue weighted by atomic mass is 35.5. The first-order valence-corrected chi connectivity index (χ1v) is 7.24. The molecule has 0 N–H and O–H groups in total. The van der Waals surface area contributed by atoms with Crippen LogP contribution in [0.5, 0.6) is 5.75 Å². The van der Waals surface area contributed by atoms with E-state index in [1.807, 2.05) is 12.1 Å². The second kappa shape index (κ2) is 6.07. The molecular formula is C14H10ClN3O2S. The standard InChI is InChI=1S/C14H10ClN3O2S/c15-13-12(16-21-17-13)10-5-4-8-18(9-10)14(19)20-11-6-2-1-3-7-11/h1-8H,9H2. The number of carbonyl (C=O) groups is 1. The highest BCUT2D eigenvalue weighted by molar-refractivity contribution is 6.99. The summed E-state index contributed by atoms with van der Waals surface area (Å²) in [5, 5.41) is 0.345. The number of para-hydroxylation sites is 1. The second-order valence-electron chi connectivity index (χ2n) is 4.25. The molecule has 2 aromatic rings. The van der Waals surface area contributed by atoms with Crippen LogP contribution >= 0.6 is 23.3 Å². The van der Waals surface area contributed by atoms with Gasteiger partial charge in [0.05, 0.1) is 18.3 Å². The molecule has 5 nitrogen and oxygen atoms in total. The topological polar surface area (TPSA) is 55.3 Å². The lowest BCUT2D eigenvalue weighted by molar-refractivity contribution is 0.173. The monoisotopic (exact) mass is 319 g/mol. The van der Waals surface area contributed by atoms with Crippen LogP contribution in [0, 0.1) is 0 Å². The van der Waals surface area contributed by atoms with Crippen LogP contribution < -0.4 is 4.74 Å². The number of ether oxygens (including phenoxy) is 1. The van der Waals surface area contributed by atoms with Crippen molar-refractivity contribution in [3.8, 4) is 5.75 Å². The molecule has 1 aliphatic rings. The molecule has 0 unspecified atom stereocenters. The minimum atomic E-state index is -0.456. The number of aromatic nitrogens is 2. The van der Waals surface area contributed by atoms with Gasteiger partial charge in [-0.1, -0.05) is 35.9 Å². The fourth-order valence-electron chi connectivity index (χ4n) is 1.85. The van der Waals surface area contributed by atoms with Crippen molar-refractivity contribution >= 4 is 35.0 Å². The van der Waals surface area contributed by atoms with Crippen molar-refractivity contribution in [2.75, 3.05) is 6.54 Å². The molecule has 2 heterocycles. The zero-order valence-corrected chi connectivity index (χ0v) is 12.3. The number of amides is 1. The first-order chi connectivity index (χ1) is 10.2. The molecule has 0 spiro atoms. The van der Waals surface area contributed by atoms with Gasteiger partial charge in [0.25, 0.3) is 0 Å². The Labute approximate surface area is 130 Å². The third-order valence-corrected chi connectivity index (χ3v) is 3.73. The van der Waals surface area contributed by atoms with E-state index >= 15 is 0 Å². The normalized spacial score (nSPS) is 14.0. The summed E-state index contributed by atoms with van der Waals surface area (Å²) in [5.74, 6) is 0.500. The van der Waals surface area contributed by atoms with Gasteiger partial charge in [-0.2, -0.15) is 8.75 Å². The van der Waals surface area contributed by atoms with Crippen LogP contribution in [0.25, 0.3) is 5.57 Å². The molecule has 0 saturated heterocycles. The third kappa shape index (κ3) is 3.12. The third-order valence-electron chi connectivity index (χ3n) is 2.84. The number of carbonyl (C=O) groups excluding carboxylic acids is 1. The van der Waals surface area contributed by atoms with Gasteiger partial charge in [0.1, 0.15) is 11.4 Å². The van der Waals surface area contributed by atoms with Crippen molar-refractivity contribution in [1.82, 2.24) is 13.6 Å². The minimum Gasteiger partial charge on any atom is -0.410 e. The zero-order valence-electron chi connectivity index (χ0n) is 10.8. The van der Waals surface area contributed by atoms with Gasteiger partial charge in [0, 0.05) is 11.8 Å². The average Bonchev–Trinajstić information content (AvgIpc) is 2.94. The van der Waals surface area contributed by atoms with E-state index in [0.29, 0.717) is 23.1 Å². The Morgan fingerprint density at radius 3 is 2.81 bits per heavy atom. The van der Waals surface area contributed by atoms with Gasteiger partial charge < -0.3 is 4.74 Å². The Morgan fingerprint density at radius 2 is 2.10 bits per heavy atom. The fraction of sp³-hybridized carbons (Fsp3) is 0.0714. The van der Waals surface area contributed by atoms with Crippen molar-refractivity contribution in [1.29, 1.82) is 0 Å². The molecule has 1 amide bonds. The molecule has 7 heteroatoms. The Balaban J connectivity index is 1.71. The van der Waals surface area contributed by atoms with Crippen molar-refractivity contribution < 1.29 is 9.53 Å². The molecule has 0 saturated carbocycles. The molecular weight excluding hydrogens is 310 g/mol. The lowest BCUT2D eigenvalue weighted by Crippen LogP contribution is -2.31. The number of halogens is 1. The maximum Gasteiger partial charge on any atom is 0.419 e. The largest absolute Gasteiger partial charge is 0.419 e. The van der Waals surface area contributed by atoms with Gasteiger partial charge in [-0.15, -0.1) is 0 Å². The van der Waals surface area contributed by atoms with Gasteiger partial charge in [-0.05, 0) is 18.2 Å². The molecule has 0 bridgehead atoms. The van der Waals surface area contributed by atoms with Gasteiger partial charge >= 0.3 is 6.09 Å². The van der Waals surface area contributed by atoms with E-state index in [4.69, 9.17) is 16.3 Å². The van der Waals surface area contributed by atoms with E-state index in [-0.39, 0.29) is 0 Å². The Hall–Kier alpha value is -2.18. The summed E-state index contributed by atoms with van der Waals surface area (Å²) in [7, 11) is 0. The highest BCUT2D eigenvalue weighted by Gasteiger charge is 2.21. The molecule has 1 aromatic heterocycles. The second-order valence-corrected chi connectivity index (χ2v) is 5.13. The lowest BCUT2D eigenvalue weighted by atomic mass is 10.1. The zero-order chi connectivity index (χ0) is 14.7. The van der Waals surface area contributed by atoms with E-state index in [1.54, 1.807) is 36.5 Å². The summed E-state index contributed by atoms with van der Waals surface area (Å²) in [4.78, 5) is 13.6. The molecule has 0 aliphatic carbocycles. The maximum absolute atomic E-state index is 12.1. The Kier molecular flexibility index (Phi) is 3.98. The van der Waals surface area contributed by atoms with E-state index in [2.05, 4.69) is 8.75 Å². The van der Waals surface area contributed by atoms with E-state index in [1.165, 1.54) is 4.90 Å². The molecule has 0 atom stereocenters. The van der Waals surface area contributed by atoms with Crippen LogP contribution in [0.3, 0.4) is 0 Å². The van der Waals surface area contributed by atoms with E-state index < -0.39 is 6.09 Å². The van der Waals surface area contributed by atoms with Crippen molar-refractivity contribution in [3.63, 3.8) is 0 Å². The van der Waals surface area contributed by atoms with Crippen LogP contribution in [0.2, 0.25) is 5.15 Å². The molecule has 1 aromatic carbocycles. The van der Waals surface area contributed by atoms with Gasteiger partial charge in [0.15, 0.2) is 5.15 Å². The predicted molar refractivity (Wildman–Crippen MR) is 81.2 cm³/mol. The minimum absolute atomic E-state index is 0.341. The number of rotatable bonds is 2. The SMILES string of the molecule is O=C(Oc1ccccc1)N1C=CC=C(c2nsnc2Cl)C1. The molecule has 0 radical (unpaired) electrons. The van der Waals surface area contributed by atoms with Crippen LogP contribution in [-0.4, -0.2) is 26.3 Å². The fourth-order valence-corrected chi connectivity index (χ4v) is 2.64. The summed E-state index contributed by atoms with van der Waals surface area (Å²) in [6.45, 7) is 0.341. The maximum atomic E-state index is 12.1. The summed E-state index contributed by atoms with van der Waals surface area (Å²) >= 11 is 7.01. The summed E-state index contributed by atoms with van der Waals surface area (Å²) < 4.78 is 13.4. The highest BCUT2D eigenvalue weighted by Crippen LogP contribution is 2.25. The number of allylic oxidation sites excluding steroid dienone is 2. The van der Waals surface area contributed by atoms with Gasteiger partial charge in [0.2, 0.25) is 0 Å². The molecule has 0 fully saturated rings. The Bertz CT molecular complexity index is 712. The first-order valence-electron chi connectivity index (χ1n) is 6.13. The summed E-state index contributed by atoms with van der Waals surface area (Å²) in [6, 6.07) is 8.92. The van der Waals surface area contributed by atoms with Crippen molar-refractivity contribution in [2.24, 2.45) is 0 Å². The van der Waals surface area contributed by atoms with Crippen LogP contribution in [0.1, 0.15) is 5.69 Å². The number of hydrogen-bond donors (Lipinski definition) is 0. The van der Waals surface area contributed by atoms with Crippen molar-refractivity contribution in [2.45, 2.75) is 0 Å². The number of hydrogen-bond acceptors (Lipinski definition) is 5. The first kappa shape index (κ1) is 13.8. The van der Waals surface area contributed by atoms with E-state index in [0.717, 1.165) is 17.3 Å². The molecule has 106 valence electrons.